The van der Waals surface area contributed by atoms with Crippen LogP contribution in [-0.4, -0.2) is 7.11 Å². The van der Waals surface area contributed by atoms with Crippen molar-refractivity contribution in [1.82, 2.24) is 0 Å². The van der Waals surface area contributed by atoms with Gasteiger partial charge >= 0.3 is 0 Å². The Morgan fingerprint density at radius 1 is 1.21 bits per heavy atom. The predicted molar refractivity (Wildman–Crippen MR) is 80.3 cm³/mol. The Bertz CT molecular complexity index is 396. The molecule has 2 nitrogen and oxygen atoms in total. The van der Waals surface area contributed by atoms with E-state index in [0.717, 1.165) is 11.7 Å². The third-order valence-electron chi connectivity index (χ3n) is 4.92. The largest absolute Gasteiger partial charge is 0.497 e. The first kappa shape index (κ1) is 14.4. The van der Waals surface area contributed by atoms with Crippen LogP contribution in [0, 0.1) is 11.8 Å². The molecular weight excluding hydrogens is 234 g/mol. The van der Waals surface area contributed by atoms with Gasteiger partial charge in [-0.1, -0.05) is 44.7 Å². The summed E-state index contributed by atoms with van der Waals surface area (Å²) in [5.41, 5.74) is 7.74. The van der Waals surface area contributed by atoms with E-state index in [-0.39, 0.29) is 5.54 Å². The SMILES string of the molecule is CCC1CCCCC1C(C)(N)c1ccc(OC)cc1. The van der Waals surface area contributed by atoms with Crippen molar-refractivity contribution in [1.29, 1.82) is 0 Å². The lowest BCUT2D eigenvalue weighted by Crippen LogP contribution is -2.45. The highest BCUT2D eigenvalue weighted by Gasteiger charge is 2.37. The van der Waals surface area contributed by atoms with Crippen molar-refractivity contribution in [3.8, 4) is 5.75 Å². The molecule has 3 unspecified atom stereocenters. The minimum absolute atomic E-state index is 0.229. The summed E-state index contributed by atoms with van der Waals surface area (Å²) < 4.78 is 5.23. The molecule has 1 fully saturated rings. The summed E-state index contributed by atoms with van der Waals surface area (Å²) >= 11 is 0. The zero-order chi connectivity index (χ0) is 13.9. The van der Waals surface area contributed by atoms with Crippen molar-refractivity contribution in [2.24, 2.45) is 17.6 Å². The second-order valence-electron chi connectivity index (χ2n) is 6.07. The zero-order valence-electron chi connectivity index (χ0n) is 12.5. The van der Waals surface area contributed by atoms with Gasteiger partial charge in [-0.25, -0.2) is 0 Å². The van der Waals surface area contributed by atoms with Crippen LogP contribution in [0.2, 0.25) is 0 Å². The molecule has 1 aromatic rings. The fourth-order valence-corrected chi connectivity index (χ4v) is 3.65. The summed E-state index contributed by atoms with van der Waals surface area (Å²) in [6, 6.07) is 8.29. The number of nitrogens with two attached hydrogens (primary N) is 1. The topological polar surface area (TPSA) is 35.2 Å². The van der Waals surface area contributed by atoms with Gasteiger partial charge in [0.05, 0.1) is 7.11 Å². The van der Waals surface area contributed by atoms with Crippen molar-refractivity contribution >= 4 is 0 Å². The quantitative estimate of drug-likeness (QED) is 0.886. The normalized spacial score (nSPS) is 26.7. The van der Waals surface area contributed by atoms with Gasteiger partial charge in [-0.3, -0.25) is 0 Å². The first-order valence-corrected chi connectivity index (χ1v) is 7.53. The van der Waals surface area contributed by atoms with Crippen LogP contribution in [0.4, 0.5) is 0 Å². The number of ether oxygens (including phenoxy) is 1. The van der Waals surface area contributed by atoms with E-state index in [9.17, 15) is 0 Å². The summed E-state index contributed by atoms with van der Waals surface area (Å²) in [4.78, 5) is 0. The molecule has 0 aromatic heterocycles. The molecule has 19 heavy (non-hydrogen) atoms. The fourth-order valence-electron chi connectivity index (χ4n) is 3.65. The maximum Gasteiger partial charge on any atom is 0.118 e. The average Bonchev–Trinajstić information content (AvgIpc) is 2.47. The lowest BCUT2D eigenvalue weighted by Gasteiger charge is -2.42. The maximum absolute atomic E-state index is 6.73. The van der Waals surface area contributed by atoms with Crippen molar-refractivity contribution in [2.75, 3.05) is 7.11 Å². The molecular formula is C17H27NO. The molecule has 0 amide bonds. The van der Waals surface area contributed by atoms with Gasteiger partial charge in [0.1, 0.15) is 5.75 Å². The van der Waals surface area contributed by atoms with Crippen LogP contribution < -0.4 is 10.5 Å². The van der Waals surface area contributed by atoms with Crippen LogP contribution in [0.5, 0.6) is 5.75 Å². The van der Waals surface area contributed by atoms with E-state index in [1.165, 1.54) is 37.7 Å². The monoisotopic (exact) mass is 261 g/mol. The molecule has 0 heterocycles. The average molecular weight is 261 g/mol. The van der Waals surface area contributed by atoms with E-state index >= 15 is 0 Å². The summed E-state index contributed by atoms with van der Waals surface area (Å²) in [5.74, 6) is 2.26. The Balaban J connectivity index is 2.23. The Hall–Kier alpha value is -1.02. The van der Waals surface area contributed by atoms with Gasteiger partial charge in [0.2, 0.25) is 0 Å². The minimum Gasteiger partial charge on any atom is -0.497 e. The Morgan fingerprint density at radius 2 is 1.84 bits per heavy atom. The fraction of sp³-hybridized carbons (Fsp3) is 0.647. The molecule has 106 valence electrons. The van der Waals surface area contributed by atoms with Crippen molar-refractivity contribution in [3.63, 3.8) is 0 Å². The molecule has 0 bridgehead atoms. The molecule has 0 saturated heterocycles. The number of hydrogen-bond donors (Lipinski definition) is 1. The predicted octanol–water partition coefficient (Wildman–Crippen LogP) is 4.09. The standard InChI is InChI=1S/C17H27NO/c1-4-13-7-5-6-8-16(13)17(2,18)14-9-11-15(19-3)12-10-14/h9-13,16H,4-8,18H2,1-3H3. The lowest BCUT2D eigenvalue weighted by molar-refractivity contribution is 0.138. The molecule has 2 N–H and O–H groups in total. The molecule has 0 spiro atoms. The Labute approximate surface area is 117 Å². The van der Waals surface area contributed by atoms with E-state index in [1.54, 1.807) is 7.11 Å². The van der Waals surface area contributed by atoms with Crippen molar-refractivity contribution in [3.05, 3.63) is 29.8 Å². The number of methoxy groups -OCH3 is 1. The van der Waals surface area contributed by atoms with Crippen LogP contribution in [-0.2, 0) is 5.54 Å². The third-order valence-corrected chi connectivity index (χ3v) is 4.92. The molecule has 1 saturated carbocycles. The number of benzene rings is 1. The summed E-state index contributed by atoms with van der Waals surface area (Å²) in [6.45, 7) is 4.50. The smallest absolute Gasteiger partial charge is 0.118 e. The Kier molecular flexibility index (Phi) is 4.51. The second kappa shape index (κ2) is 5.96. The molecule has 2 heteroatoms. The van der Waals surface area contributed by atoms with E-state index in [2.05, 4.69) is 26.0 Å². The maximum atomic E-state index is 6.73. The first-order chi connectivity index (χ1) is 9.09. The van der Waals surface area contributed by atoms with Gasteiger partial charge in [0.25, 0.3) is 0 Å². The van der Waals surface area contributed by atoms with Gasteiger partial charge < -0.3 is 10.5 Å². The molecule has 3 atom stereocenters. The van der Waals surface area contributed by atoms with Crippen LogP contribution in [0.3, 0.4) is 0 Å². The van der Waals surface area contributed by atoms with Crippen molar-refractivity contribution < 1.29 is 4.74 Å². The molecule has 1 aliphatic rings. The van der Waals surface area contributed by atoms with Gasteiger partial charge in [-0.2, -0.15) is 0 Å². The highest BCUT2D eigenvalue weighted by molar-refractivity contribution is 5.32. The van der Waals surface area contributed by atoms with Gasteiger partial charge in [0, 0.05) is 5.54 Å². The summed E-state index contributed by atoms with van der Waals surface area (Å²) in [6.07, 6.45) is 6.53. The van der Waals surface area contributed by atoms with Crippen LogP contribution in [0.25, 0.3) is 0 Å². The second-order valence-corrected chi connectivity index (χ2v) is 6.07. The zero-order valence-corrected chi connectivity index (χ0v) is 12.5. The molecule has 1 aromatic carbocycles. The van der Waals surface area contributed by atoms with Gasteiger partial charge in [0.15, 0.2) is 0 Å². The minimum atomic E-state index is -0.229. The van der Waals surface area contributed by atoms with Crippen LogP contribution >= 0.6 is 0 Å². The first-order valence-electron chi connectivity index (χ1n) is 7.53. The highest BCUT2D eigenvalue weighted by atomic mass is 16.5. The van der Waals surface area contributed by atoms with E-state index in [0.29, 0.717) is 5.92 Å². The van der Waals surface area contributed by atoms with Crippen molar-refractivity contribution in [2.45, 2.75) is 51.5 Å². The van der Waals surface area contributed by atoms with E-state index < -0.39 is 0 Å². The lowest BCUT2D eigenvalue weighted by atomic mass is 9.66. The molecule has 0 aliphatic heterocycles. The summed E-state index contributed by atoms with van der Waals surface area (Å²) in [7, 11) is 1.70. The van der Waals surface area contributed by atoms with Gasteiger partial charge in [-0.05, 0) is 42.9 Å². The third kappa shape index (κ3) is 2.94. The van der Waals surface area contributed by atoms with E-state index in [1.807, 2.05) is 12.1 Å². The van der Waals surface area contributed by atoms with Crippen LogP contribution in [0.1, 0.15) is 51.5 Å². The molecule has 0 radical (unpaired) electrons. The van der Waals surface area contributed by atoms with E-state index in [4.69, 9.17) is 10.5 Å². The van der Waals surface area contributed by atoms with Crippen LogP contribution in [0.15, 0.2) is 24.3 Å². The molecule has 1 aliphatic carbocycles. The molecule has 2 rings (SSSR count). The number of hydrogen-bond acceptors (Lipinski definition) is 2. The number of rotatable bonds is 4. The highest BCUT2D eigenvalue weighted by Crippen LogP contribution is 2.42. The van der Waals surface area contributed by atoms with Gasteiger partial charge in [-0.15, -0.1) is 0 Å². The summed E-state index contributed by atoms with van der Waals surface area (Å²) in [5, 5.41) is 0. The Morgan fingerprint density at radius 3 is 2.42 bits per heavy atom.